The van der Waals surface area contributed by atoms with Gasteiger partial charge in [0.25, 0.3) is 0 Å². The highest BCUT2D eigenvalue weighted by atomic mass is 16.4. The van der Waals surface area contributed by atoms with E-state index in [2.05, 4.69) is 5.32 Å². The second kappa shape index (κ2) is 8.90. The van der Waals surface area contributed by atoms with Crippen molar-refractivity contribution >= 4 is 11.9 Å². The van der Waals surface area contributed by atoms with Gasteiger partial charge in [0.05, 0.1) is 0 Å². The molecule has 1 amide bonds. The maximum absolute atomic E-state index is 11.6. The number of carbonyl (C=O) groups is 2. The molecule has 4 atom stereocenters. The Morgan fingerprint density at radius 1 is 1.45 bits per heavy atom. The number of hydrogen-bond donors (Lipinski definition) is 3. The topological polar surface area (TPSA) is 89.9 Å². The van der Waals surface area contributed by atoms with E-state index in [1.54, 1.807) is 0 Å². The number of carbonyl (C=O) groups excluding carboxylic acids is 1. The smallest absolute Gasteiger partial charge is 0.321 e. The summed E-state index contributed by atoms with van der Waals surface area (Å²) in [4.78, 5) is 24.6. The molecule has 1 aliphatic heterocycles. The second-order valence-corrected chi connectivity index (χ2v) is 5.95. The molecule has 126 valence electrons. The van der Waals surface area contributed by atoms with E-state index in [9.17, 15) is 19.8 Å². The Morgan fingerprint density at radius 3 is 2.64 bits per heavy atom. The molecule has 0 aromatic carbocycles. The van der Waals surface area contributed by atoms with Crippen LogP contribution in [-0.4, -0.2) is 52.3 Å². The molecule has 0 aliphatic carbocycles. The van der Waals surface area contributed by atoms with E-state index in [-0.39, 0.29) is 17.7 Å². The molecule has 0 bridgehead atoms. The first kappa shape index (κ1) is 18.6. The van der Waals surface area contributed by atoms with Gasteiger partial charge in [-0.2, -0.15) is 0 Å². The third kappa shape index (κ3) is 5.10. The number of likely N-dealkylation sites (tertiary alicyclic amines) is 1. The van der Waals surface area contributed by atoms with Crippen molar-refractivity contribution in [2.45, 2.75) is 52.3 Å². The number of nitrogens with one attached hydrogen (secondary N) is 1. The van der Waals surface area contributed by atoms with Crippen molar-refractivity contribution in [3.63, 3.8) is 0 Å². The summed E-state index contributed by atoms with van der Waals surface area (Å²) >= 11 is 0. The molecule has 22 heavy (non-hydrogen) atoms. The summed E-state index contributed by atoms with van der Waals surface area (Å²) in [5.74, 6) is -1.27. The van der Waals surface area contributed by atoms with Gasteiger partial charge in [-0.05, 0) is 26.3 Å². The fraction of sp³-hybridized carbons (Fsp3) is 0.750. The van der Waals surface area contributed by atoms with E-state index >= 15 is 0 Å². The predicted octanol–water partition coefficient (Wildman–Crippen LogP) is 1.21. The van der Waals surface area contributed by atoms with Crippen LogP contribution in [0.15, 0.2) is 12.2 Å². The zero-order valence-corrected chi connectivity index (χ0v) is 13.7. The Labute approximate surface area is 132 Å². The molecule has 6 heteroatoms. The molecular formula is C16H28N2O4. The molecule has 4 unspecified atom stereocenters. The lowest BCUT2D eigenvalue weighted by Gasteiger charge is -2.30. The Balaban J connectivity index is 2.78. The lowest BCUT2D eigenvalue weighted by molar-refractivity contribution is -0.143. The lowest BCUT2D eigenvalue weighted by atomic mass is 9.97. The van der Waals surface area contributed by atoms with Crippen LogP contribution < -0.4 is 5.32 Å². The maximum Gasteiger partial charge on any atom is 0.321 e. The molecular weight excluding hydrogens is 284 g/mol. The SMILES string of the molecule is C/C=C\C1CCN(CC(CCC)C(O)NC(C)=O)C1C(=O)O. The van der Waals surface area contributed by atoms with E-state index < -0.39 is 18.2 Å². The van der Waals surface area contributed by atoms with Crippen LogP contribution in [0.1, 0.15) is 40.0 Å². The van der Waals surface area contributed by atoms with Crippen LogP contribution in [0.3, 0.4) is 0 Å². The molecule has 6 nitrogen and oxygen atoms in total. The summed E-state index contributed by atoms with van der Waals surface area (Å²) < 4.78 is 0. The van der Waals surface area contributed by atoms with Gasteiger partial charge in [-0.15, -0.1) is 0 Å². The van der Waals surface area contributed by atoms with Gasteiger partial charge < -0.3 is 15.5 Å². The van der Waals surface area contributed by atoms with Gasteiger partial charge in [-0.3, -0.25) is 14.5 Å². The number of amides is 1. The molecule has 3 N–H and O–H groups in total. The number of aliphatic hydroxyl groups excluding tert-OH is 1. The van der Waals surface area contributed by atoms with Crippen LogP contribution in [0, 0.1) is 11.8 Å². The van der Waals surface area contributed by atoms with Crippen molar-refractivity contribution < 1.29 is 19.8 Å². The summed E-state index contributed by atoms with van der Waals surface area (Å²) in [6.07, 6.45) is 5.30. The number of rotatable bonds is 8. The van der Waals surface area contributed by atoms with Gasteiger partial charge in [0.1, 0.15) is 12.3 Å². The van der Waals surface area contributed by atoms with Gasteiger partial charge in [0.15, 0.2) is 0 Å². The highest BCUT2D eigenvalue weighted by Gasteiger charge is 2.39. The van der Waals surface area contributed by atoms with Gasteiger partial charge in [-0.25, -0.2) is 0 Å². The van der Waals surface area contributed by atoms with Gasteiger partial charge in [0.2, 0.25) is 5.91 Å². The highest BCUT2D eigenvalue weighted by Crippen LogP contribution is 2.28. The molecule has 0 spiro atoms. The zero-order chi connectivity index (χ0) is 16.7. The van der Waals surface area contributed by atoms with Crippen molar-refractivity contribution in [3.8, 4) is 0 Å². The lowest BCUT2D eigenvalue weighted by Crippen LogP contribution is -2.47. The molecule has 1 aliphatic rings. The van der Waals surface area contributed by atoms with Gasteiger partial charge in [-0.1, -0.05) is 25.5 Å². The monoisotopic (exact) mass is 312 g/mol. The molecule has 1 saturated heterocycles. The van der Waals surface area contributed by atoms with Crippen molar-refractivity contribution in [3.05, 3.63) is 12.2 Å². The van der Waals surface area contributed by atoms with Crippen LogP contribution in [0.4, 0.5) is 0 Å². The summed E-state index contributed by atoms with van der Waals surface area (Å²) in [7, 11) is 0. The van der Waals surface area contributed by atoms with E-state index in [0.717, 1.165) is 19.3 Å². The second-order valence-electron chi connectivity index (χ2n) is 5.95. The number of hydrogen-bond acceptors (Lipinski definition) is 4. The number of aliphatic carboxylic acids is 1. The average molecular weight is 312 g/mol. The number of carboxylic acids is 1. The Kier molecular flexibility index (Phi) is 7.55. The summed E-state index contributed by atoms with van der Waals surface area (Å²) in [6.45, 7) is 6.43. The zero-order valence-electron chi connectivity index (χ0n) is 13.7. The molecule has 0 aromatic rings. The Bertz CT molecular complexity index is 411. The van der Waals surface area contributed by atoms with Crippen LogP contribution in [0.5, 0.6) is 0 Å². The van der Waals surface area contributed by atoms with Crippen LogP contribution in [0.25, 0.3) is 0 Å². The molecule has 0 radical (unpaired) electrons. The molecule has 0 saturated carbocycles. The first-order valence-electron chi connectivity index (χ1n) is 7.95. The van der Waals surface area contributed by atoms with E-state index in [1.807, 2.05) is 30.9 Å². The van der Waals surface area contributed by atoms with Crippen LogP contribution in [0.2, 0.25) is 0 Å². The van der Waals surface area contributed by atoms with Crippen molar-refractivity contribution in [2.24, 2.45) is 11.8 Å². The minimum atomic E-state index is -0.937. The third-order valence-electron chi connectivity index (χ3n) is 4.17. The number of nitrogens with zero attached hydrogens (tertiary/aromatic N) is 1. The largest absolute Gasteiger partial charge is 0.480 e. The Morgan fingerprint density at radius 2 is 2.14 bits per heavy atom. The summed E-state index contributed by atoms with van der Waals surface area (Å²) in [5, 5.41) is 22.2. The molecule has 1 rings (SSSR count). The number of carboxylic acid groups (broad SMARTS) is 1. The third-order valence-corrected chi connectivity index (χ3v) is 4.17. The fourth-order valence-electron chi connectivity index (χ4n) is 3.22. The van der Waals surface area contributed by atoms with Gasteiger partial charge >= 0.3 is 5.97 Å². The standard InChI is InChI=1S/C16H28N2O4/c1-4-6-12-8-9-18(14(12)16(21)22)10-13(7-5-2)15(20)17-11(3)19/h4,6,12-15,20H,5,7-10H2,1-3H3,(H,17,19)(H,21,22)/b6-4-. The van der Waals surface area contributed by atoms with E-state index in [4.69, 9.17) is 0 Å². The first-order valence-corrected chi connectivity index (χ1v) is 7.95. The van der Waals surface area contributed by atoms with E-state index in [0.29, 0.717) is 13.1 Å². The van der Waals surface area contributed by atoms with Crippen LogP contribution in [-0.2, 0) is 9.59 Å². The quantitative estimate of drug-likeness (QED) is 0.463. The fourth-order valence-corrected chi connectivity index (χ4v) is 3.22. The number of aliphatic hydroxyl groups is 1. The Hall–Kier alpha value is -1.40. The normalized spacial score (nSPS) is 25.3. The highest BCUT2D eigenvalue weighted by molar-refractivity contribution is 5.75. The predicted molar refractivity (Wildman–Crippen MR) is 84.1 cm³/mol. The van der Waals surface area contributed by atoms with Crippen molar-refractivity contribution in [1.82, 2.24) is 10.2 Å². The van der Waals surface area contributed by atoms with Crippen molar-refractivity contribution in [1.29, 1.82) is 0 Å². The average Bonchev–Trinajstić information content (AvgIpc) is 2.80. The molecule has 0 aromatic heterocycles. The molecule has 1 fully saturated rings. The minimum absolute atomic E-state index is 0.00249. The minimum Gasteiger partial charge on any atom is -0.480 e. The van der Waals surface area contributed by atoms with E-state index in [1.165, 1.54) is 6.92 Å². The first-order chi connectivity index (χ1) is 10.4. The number of allylic oxidation sites excluding steroid dienone is 1. The van der Waals surface area contributed by atoms with Crippen molar-refractivity contribution in [2.75, 3.05) is 13.1 Å². The maximum atomic E-state index is 11.6. The summed E-state index contributed by atoms with van der Waals surface area (Å²) in [6, 6.07) is -0.555. The van der Waals surface area contributed by atoms with Gasteiger partial charge in [0, 0.05) is 25.3 Å². The molecule has 1 heterocycles. The summed E-state index contributed by atoms with van der Waals surface area (Å²) in [5.41, 5.74) is 0. The van der Waals surface area contributed by atoms with Crippen LogP contribution >= 0.6 is 0 Å².